The predicted molar refractivity (Wildman–Crippen MR) is 508 cm³/mol. The molecule has 0 fully saturated rings. The van der Waals surface area contributed by atoms with Crippen LogP contribution < -0.4 is 9.80 Å². The number of rotatable bonds is 14. The summed E-state index contributed by atoms with van der Waals surface area (Å²) in [5, 5.41) is 16.8. The Labute approximate surface area is 695 Å². The molecule has 0 atom stereocenters. The molecular formula is C116H76N2O2. The molecule has 23 rings (SSSR count). The number of hydrogen-bond acceptors (Lipinski definition) is 4. The molecular weight excluding hydrogens is 1450 g/mol. The molecule has 562 valence electrons. The molecule has 23 aromatic rings. The van der Waals surface area contributed by atoms with Crippen LogP contribution in [0, 0.1) is 0 Å². The lowest BCUT2D eigenvalue weighted by Gasteiger charge is -2.29. The van der Waals surface area contributed by atoms with Crippen LogP contribution in [0.25, 0.3) is 187 Å². The lowest BCUT2D eigenvalue weighted by atomic mass is 9.96. The number of benzene rings is 21. The zero-order valence-electron chi connectivity index (χ0n) is 65.6. The molecule has 0 aliphatic heterocycles. The van der Waals surface area contributed by atoms with Crippen molar-refractivity contribution in [2.45, 2.75) is 0 Å². The zero-order valence-corrected chi connectivity index (χ0v) is 65.6. The average molecular weight is 1530 g/mol. The van der Waals surface area contributed by atoms with Crippen molar-refractivity contribution < 1.29 is 8.83 Å². The van der Waals surface area contributed by atoms with Crippen LogP contribution in [-0.4, -0.2) is 0 Å². The maximum absolute atomic E-state index is 6.74. The zero-order chi connectivity index (χ0) is 79.4. The first-order valence-corrected chi connectivity index (χ1v) is 41.1. The molecule has 0 radical (unpaired) electrons. The Morgan fingerprint density at radius 2 is 0.392 bits per heavy atom. The number of hydrogen-bond donors (Lipinski definition) is 0. The number of fused-ring (bicyclic) bond motifs is 13. The first kappa shape index (κ1) is 70.7. The summed E-state index contributed by atoms with van der Waals surface area (Å²) in [6.07, 6.45) is 0. The van der Waals surface area contributed by atoms with Gasteiger partial charge in [0.2, 0.25) is 0 Å². The van der Waals surface area contributed by atoms with E-state index in [9.17, 15) is 0 Å². The molecule has 4 heteroatoms. The van der Waals surface area contributed by atoms with Crippen LogP contribution in [0.2, 0.25) is 0 Å². The topological polar surface area (TPSA) is 32.8 Å². The van der Waals surface area contributed by atoms with E-state index >= 15 is 0 Å². The van der Waals surface area contributed by atoms with E-state index in [-0.39, 0.29) is 0 Å². The van der Waals surface area contributed by atoms with Crippen molar-refractivity contribution in [3.8, 4) is 89.0 Å². The lowest BCUT2D eigenvalue weighted by molar-refractivity contribution is 0.670. The molecule has 0 amide bonds. The Balaban J connectivity index is 0.000000144. The second kappa shape index (κ2) is 30.4. The highest BCUT2D eigenvalue weighted by Crippen LogP contribution is 2.49. The molecule has 0 unspecified atom stereocenters. The monoisotopic (exact) mass is 1530 g/mol. The van der Waals surface area contributed by atoms with E-state index in [1.54, 1.807) is 0 Å². The smallest absolute Gasteiger partial charge is 0.143 e. The van der Waals surface area contributed by atoms with Crippen molar-refractivity contribution in [1.82, 2.24) is 0 Å². The summed E-state index contributed by atoms with van der Waals surface area (Å²) in [7, 11) is 0. The summed E-state index contributed by atoms with van der Waals surface area (Å²) < 4.78 is 13.5. The predicted octanol–water partition coefficient (Wildman–Crippen LogP) is 33.2. The molecule has 0 saturated carbocycles. The first-order chi connectivity index (χ1) is 59.5. The van der Waals surface area contributed by atoms with Crippen molar-refractivity contribution >= 4 is 132 Å². The standard InChI is InChI=1S/C58H37NO.C58H39NO/c1-2-14-40(15-3-1)47-24-12-26-53-54-27-13-25-48(58(54)60-57(47)53)41-30-28-38(29-31-41)39-32-34-44(35-33-39)59(55-36-42-16-4-6-18-45(42)49-20-8-10-22-51(49)55)56-37-43-17-5-7-19-46(43)50-21-9-11-23-52(50)56;1-3-13-40(14-4-1)42-31-35-49(36-32-42)59(56-26-10-18-45-17-7-8-21-51(45)56)50-37-33-43(34-38-50)41-27-29-44(30-28-41)47-19-9-20-48(39-47)53-23-12-25-55-54-24-11-22-52(57(54)60-58(53)55)46-15-5-2-6-16-46/h1-37H;1-39H. The molecule has 2 aromatic heterocycles. The minimum atomic E-state index is 0.912. The molecule has 0 bridgehead atoms. The lowest BCUT2D eigenvalue weighted by Crippen LogP contribution is -2.11. The molecule has 120 heavy (non-hydrogen) atoms. The molecule has 2 heterocycles. The second-order valence-electron chi connectivity index (χ2n) is 30.9. The molecule has 21 aromatic carbocycles. The van der Waals surface area contributed by atoms with Gasteiger partial charge in [-0.05, 0) is 165 Å². The highest BCUT2D eigenvalue weighted by atomic mass is 16.3. The van der Waals surface area contributed by atoms with Gasteiger partial charge in [-0.25, -0.2) is 0 Å². The van der Waals surface area contributed by atoms with Gasteiger partial charge < -0.3 is 18.6 Å². The van der Waals surface area contributed by atoms with Crippen molar-refractivity contribution in [1.29, 1.82) is 0 Å². The van der Waals surface area contributed by atoms with Crippen LogP contribution in [0.5, 0.6) is 0 Å². The Morgan fingerprint density at radius 1 is 0.133 bits per heavy atom. The molecule has 0 aliphatic rings. The van der Waals surface area contributed by atoms with Gasteiger partial charge in [-0.1, -0.05) is 400 Å². The van der Waals surface area contributed by atoms with Crippen LogP contribution in [0.1, 0.15) is 0 Å². The third-order valence-electron chi connectivity index (χ3n) is 23.9. The Kier molecular flexibility index (Phi) is 17.9. The first-order valence-electron chi connectivity index (χ1n) is 41.1. The second-order valence-corrected chi connectivity index (χ2v) is 30.9. The summed E-state index contributed by atoms with van der Waals surface area (Å²) in [4.78, 5) is 4.83. The highest BCUT2D eigenvalue weighted by Gasteiger charge is 2.24. The number of para-hydroxylation sites is 4. The minimum Gasteiger partial charge on any atom is -0.455 e. The van der Waals surface area contributed by atoms with Crippen molar-refractivity contribution in [2.24, 2.45) is 0 Å². The van der Waals surface area contributed by atoms with Crippen LogP contribution in [0.4, 0.5) is 34.1 Å². The van der Waals surface area contributed by atoms with E-state index in [4.69, 9.17) is 8.83 Å². The fourth-order valence-electron chi connectivity index (χ4n) is 18.1. The Bertz CT molecular complexity index is 7660. The van der Waals surface area contributed by atoms with Crippen LogP contribution in [0.15, 0.2) is 470 Å². The van der Waals surface area contributed by atoms with E-state index in [0.29, 0.717) is 0 Å². The molecule has 0 aliphatic carbocycles. The van der Waals surface area contributed by atoms with E-state index in [1.165, 1.54) is 81.7 Å². The maximum Gasteiger partial charge on any atom is 0.143 e. The van der Waals surface area contributed by atoms with Gasteiger partial charge in [0, 0.05) is 77.0 Å². The largest absolute Gasteiger partial charge is 0.455 e. The van der Waals surface area contributed by atoms with Crippen molar-refractivity contribution in [3.05, 3.63) is 461 Å². The molecule has 4 nitrogen and oxygen atoms in total. The quantitative estimate of drug-likeness (QED) is 0.102. The van der Waals surface area contributed by atoms with Gasteiger partial charge in [-0.3, -0.25) is 0 Å². The fraction of sp³-hybridized carbons (Fsp3) is 0. The van der Waals surface area contributed by atoms with Crippen LogP contribution in [0.3, 0.4) is 0 Å². The van der Waals surface area contributed by atoms with E-state index in [0.717, 1.165) is 139 Å². The highest BCUT2D eigenvalue weighted by molar-refractivity contribution is 6.20. The Morgan fingerprint density at radius 3 is 0.817 bits per heavy atom. The van der Waals surface area contributed by atoms with Crippen LogP contribution in [-0.2, 0) is 0 Å². The summed E-state index contributed by atoms with van der Waals surface area (Å²) in [5.41, 5.74) is 28.8. The summed E-state index contributed by atoms with van der Waals surface area (Å²) in [5.74, 6) is 0. The fourth-order valence-corrected chi connectivity index (χ4v) is 18.1. The number of nitrogens with zero attached hydrogens (tertiary/aromatic N) is 2. The molecule has 0 N–H and O–H groups in total. The van der Waals surface area contributed by atoms with Gasteiger partial charge in [0.1, 0.15) is 22.3 Å². The van der Waals surface area contributed by atoms with Gasteiger partial charge >= 0.3 is 0 Å². The van der Waals surface area contributed by atoms with Gasteiger partial charge in [0.15, 0.2) is 0 Å². The van der Waals surface area contributed by atoms with Crippen molar-refractivity contribution in [3.63, 3.8) is 0 Å². The summed E-state index contributed by atoms with van der Waals surface area (Å²) in [6, 6.07) is 166. The van der Waals surface area contributed by atoms with E-state index in [1.807, 2.05) is 6.07 Å². The molecule has 0 spiro atoms. The van der Waals surface area contributed by atoms with E-state index < -0.39 is 0 Å². The average Bonchev–Trinajstić information content (AvgIpc) is 1.00. The summed E-state index contributed by atoms with van der Waals surface area (Å²) >= 11 is 0. The molecule has 0 saturated heterocycles. The Hall–Kier alpha value is -15.9. The third-order valence-corrected chi connectivity index (χ3v) is 23.9. The van der Waals surface area contributed by atoms with Gasteiger partial charge in [0.25, 0.3) is 0 Å². The minimum absolute atomic E-state index is 0.912. The van der Waals surface area contributed by atoms with Crippen LogP contribution >= 0.6 is 0 Å². The van der Waals surface area contributed by atoms with E-state index in [2.05, 4.69) is 465 Å². The van der Waals surface area contributed by atoms with Gasteiger partial charge in [-0.15, -0.1) is 0 Å². The normalized spacial score (nSPS) is 11.5. The number of anilines is 6. The van der Waals surface area contributed by atoms with Gasteiger partial charge in [-0.2, -0.15) is 0 Å². The SMILES string of the molecule is c1ccc(-c2ccc(N(c3ccc(-c4ccc(-c5cccc(-c6cccc7c6oc6c(-c8ccccc8)cccc67)c5)cc4)cc3)c3cccc4ccccc34)cc2)cc1.c1ccc(-c2cccc3c2oc2c(-c4ccc(-c5ccc(N(c6cc7ccccc7c7ccccc67)c6cc7ccccc7c7ccccc67)cc5)cc4)cccc23)cc1. The maximum atomic E-state index is 6.74. The van der Waals surface area contributed by atoms with Crippen molar-refractivity contribution in [2.75, 3.05) is 9.80 Å². The number of furan rings is 2. The van der Waals surface area contributed by atoms with Gasteiger partial charge in [0.05, 0.1) is 17.1 Å². The third kappa shape index (κ3) is 12.8. The summed E-state index contributed by atoms with van der Waals surface area (Å²) in [6.45, 7) is 0.